The molecule has 0 N–H and O–H groups in total. The maximum Gasteiger partial charge on any atom is 0.207 e. The first kappa shape index (κ1) is 9.98. The van der Waals surface area contributed by atoms with Crippen LogP contribution in [0.4, 0.5) is 4.39 Å². The first-order valence-electron chi connectivity index (χ1n) is 4.38. The van der Waals surface area contributed by atoms with Gasteiger partial charge in [-0.1, -0.05) is 0 Å². The fraction of sp³-hybridized carbons (Fsp3) is 0.0909. The minimum Gasteiger partial charge on any atom is -0.288 e. The molecule has 0 saturated carbocycles. The molecule has 0 bridgehead atoms. The standard InChI is InChI=1S/C11H8FNOS/c1-7-2-4-13-6-8(7)10(14)11-9(12)3-5-15-11/h2-6H,1H3. The molecule has 0 unspecified atom stereocenters. The van der Waals surface area contributed by atoms with Crippen LogP contribution in [0, 0.1) is 12.7 Å². The Kier molecular flexibility index (Phi) is 2.60. The van der Waals surface area contributed by atoms with Crippen LogP contribution in [0.2, 0.25) is 0 Å². The molecule has 0 aliphatic rings. The second kappa shape index (κ2) is 3.90. The number of thiophene rings is 1. The number of nitrogens with zero attached hydrogens (tertiary/aromatic N) is 1. The Morgan fingerprint density at radius 3 is 2.87 bits per heavy atom. The number of hydrogen-bond donors (Lipinski definition) is 0. The second-order valence-electron chi connectivity index (χ2n) is 3.12. The first-order valence-corrected chi connectivity index (χ1v) is 5.26. The van der Waals surface area contributed by atoms with Gasteiger partial charge in [0.2, 0.25) is 5.78 Å². The number of pyridine rings is 1. The number of aryl methyl sites for hydroxylation is 1. The molecule has 15 heavy (non-hydrogen) atoms. The molecule has 0 spiro atoms. The summed E-state index contributed by atoms with van der Waals surface area (Å²) in [5, 5.41) is 1.56. The van der Waals surface area contributed by atoms with Gasteiger partial charge in [0.25, 0.3) is 0 Å². The summed E-state index contributed by atoms with van der Waals surface area (Å²) in [7, 11) is 0. The maximum atomic E-state index is 13.2. The highest BCUT2D eigenvalue weighted by molar-refractivity contribution is 7.12. The van der Waals surface area contributed by atoms with Gasteiger partial charge in [0.1, 0.15) is 10.7 Å². The number of rotatable bonds is 2. The molecule has 2 rings (SSSR count). The van der Waals surface area contributed by atoms with Crippen LogP contribution in [0.1, 0.15) is 20.8 Å². The SMILES string of the molecule is Cc1ccncc1C(=O)c1sccc1F. The normalized spacial score (nSPS) is 10.3. The minimum atomic E-state index is -0.465. The molecule has 2 aromatic heterocycles. The molecule has 0 aliphatic heterocycles. The number of aromatic nitrogens is 1. The van der Waals surface area contributed by atoms with Gasteiger partial charge < -0.3 is 0 Å². The zero-order valence-electron chi connectivity index (χ0n) is 8.03. The van der Waals surface area contributed by atoms with Crippen LogP contribution in [-0.4, -0.2) is 10.8 Å². The van der Waals surface area contributed by atoms with E-state index in [0.29, 0.717) is 5.56 Å². The highest BCUT2D eigenvalue weighted by Gasteiger charge is 2.16. The van der Waals surface area contributed by atoms with Gasteiger partial charge in [-0.2, -0.15) is 0 Å². The molecule has 0 amide bonds. The van der Waals surface area contributed by atoms with Crippen LogP contribution >= 0.6 is 11.3 Å². The lowest BCUT2D eigenvalue weighted by Gasteiger charge is -2.01. The quantitative estimate of drug-likeness (QED) is 0.730. The second-order valence-corrected chi connectivity index (χ2v) is 4.03. The molecule has 76 valence electrons. The zero-order chi connectivity index (χ0) is 10.8. The van der Waals surface area contributed by atoms with Crippen molar-refractivity contribution in [3.8, 4) is 0 Å². The van der Waals surface area contributed by atoms with Crippen molar-refractivity contribution >= 4 is 17.1 Å². The van der Waals surface area contributed by atoms with E-state index in [1.165, 1.54) is 12.3 Å². The topological polar surface area (TPSA) is 30.0 Å². The molecule has 0 aliphatic carbocycles. The molecule has 0 saturated heterocycles. The van der Waals surface area contributed by atoms with Gasteiger partial charge in [0.15, 0.2) is 0 Å². The Bertz CT molecular complexity index is 507. The smallest absolute Gasteiger partial charge is 0.207 e. The molecule has 0 radical (unpaired) electrons. The lowest BCUT2D eigenvalue weighted by atomic mass is 10.1. The predicted molar refractivity (Wildman–Crippen MR) is 56.7 cm³/mol. The van der Waals surface area contributed by atoms with Crippen molar-refractivity contribution in [1.82, 2.24) is 4.98 Å². The highest BCUT2D eigenvalue weighted by Crippen LogP contribution is 2.20. The Balaban J connectivity index is 2.46. The predicted octanol–water partition coefficient (Wildman–Crippen LogP) is 2.82. The van der Waals surface area contributed by atoms with Crippen LogP contribution in [-0.2, 0) is 0 Å². The third kappa shape index (κ3) is 1.80. The van der Waals surface area contributed by atoms with Gasteiger partial charge in [0, 0.05) is 18.0 Å². The lowest BCUT2D eigenvalue weighted by Crippen LogP contribution is -2.03. The van der Waals surface area contributed by atoms with E-state index >= 15 is 0 Å². The van der Waals surface area contributed by atoms with Gasteiger partial charge in [0.05, 0.1) is 0 Å². The maximum absolute atomic E-state index is 13.2. The van der Waals surface area contributed by atoms with Crippen molar-refractivity contribution in [3.63, 3.8) is 0 Å². The third-order valence-corrected chi connectivity index (χ3v) is 3.00. The van der Waals surface area contributed by atoms with Gasteiger partial charge in [-0.25, -0.2) is 4.39 Å². The average Bonchev–Trinajstić information content (AvgIpc) is 2.64. The van der Waals surface area contributed by atoms with Crippen molar-refractivity contribution in [3.05, 3.63) is 51.7 Å². The largest absolute Gasteiger partial charge is 0.288 e. The molecule has 2 nitrogen and oxygen atoms in total. The molecule has 2 heterocycles. The van der Waals surface area contributed by atoms with E-state index in [2.05, 4.69) is 4.98 Å². The summed E-state index contributed by atoms with van der Waals surface area (Å²) < 4.78 is 13.2. The summed E-state index contributed by atoms with van der Waals surface area (Å²) in [6.45, 7) is 1.81. The van der Waals surface area contributed by atoms with Crippen molar-refractivity contribution < 1.29 is 9.18 Å². The third-order valence-electron chi connectivity index (χ3n) is 2.11. The van der Waals surface area contributed by atoms with E-state index in [0.717, 1.165) is 16.9 Å². The van der Waals surface area contributed by atoms with E-state index in [1.54, 1.807) is 24.6 Å². The molecule has 0 fully saturated rings. The molecule has 2 aromatic rings. The van der Waals surface area contributed by atoms with Crippen LogP contribution in [0.5, 0.6) is 0 Å². The first-order chi connectivity index (χ1) is 7.20. The molecule has 0 atom stereocenters. The highest BCUT2D eigenvalue weighted by atomic mass is 32.1. The van der Waals surface area contributed by atoms with Crippen LogP contribution in [0.15, 0.2) is 29.9 Å². The van der Waals surface area contributed by atoms with Crippen LogP contribution in [0.25, 0.3) is 0 Å². The van der Waals surface area contributed by atoms with E-state index in [9.17, 15) is 9.18 Å². The van der Waals surface area contributed by atoms with Gasteiger partial charge in [-0.3, -0.25) is 9.78 Å². The summed E-state index contributed by atoms with van der Waals surface area (Å²) in [4.78, 5) is 15.9. The van der Waals surface area contributed by atoms with Crippen molar-refractivity contribution in [2.45, 2.75) is 6.92 Å². The Hall–Kier alpha value is -1.55. The van der Waals surface area contributed by atoms with Crippen molar-refractivity contribution in [1.29, 1.82) is 0 Å². The monoisotopic (exact) mass is 221 g/mol. The number of halogens is 1. The molecule has 0 aromatic carbocycles. The summed E-state index contributed by atoms with van der Waals surface area (Å²) in [6, 6.07) is 3.03. The average molecular weight is 221 g/mol. The van der Waals surface area contributed by atoms with Crippen LogP contribution < -0.4 is 0 Å². The zero-order valence-corrected chi connectivity index (χ0v) is 8.84. The fourth-order valence-electron chi connectivity index (χ4n) is 1.28. The molecular formula is C11H8FNOS. The van der Waals surface area contributed by atoms with E-state index in [-0.39, 0.29) is 10.7 Å². The Morgan fingerprint density at radius 2 is 2.27 bits per heavy atom. The Morgan fingerprint density at radius 1 is 1.47 bits per heavy atom. The number of hydrogen-bond acceptors (Lipinski definition) is 3. The summed E-state index contributed by atoms with van der Waals surface area (Å²) >= 11 is 1.11. The van der Waals surface area contributed by atoms with Gasteiger partial charge >= 0.3 is 0 Å². The minimum absolute atomic E-state index is 0.145. The van der Waals surface area contributed by atoms with Crippen molar-refractivity contribution in [2.75, 3.05) is 0 Å². The van der Waals surface area contributed by atoms with E-state index < -0.39 is 5.82 Å². The number of ketones is 1. The van der Waals surface area contributed by atoms with Gasteiger partial charge in [-0.15, -0.1) is 11.3 Å². The van der Waals surface area contributed by atoms with Crippen LogP contribution in [0.3, 0.4) is 0 Å². The molecule has 4 heteroatoms. The number of carbonyl (C=O) groups is 1. The van der Waals surface area contributed by atoms with E-state index in [4.69, 9.17) is 0 Å². The van der Waals surface area contributed by atoms with E-state index in [1.807, 2.05) is 0 Å². The molecular weight excluding hydrogens is 213 g/mol. The summed E-state index contributed by atoms with van der Waals surface area (Å²) in [5.74, 6) is -0.763. The van der Waals surface area contributed by atoms with Gasteiger partial charge in [-0.05, 0) is 30.0 Å². The lowest BCUT2D eigenvalue weighted by molar-refractivity contribution is 0.103. The Labute approximate surface area is 90.4 Å². The fourth-order valence-corrected chi connectivity index (χ4v) is 2.00. The van der Waals surface area contributed by atoms with Crippen molar-refractivity contribution in [2.24, 2.45) is 0 Å². The number of carbonyl (C=O) groups excluding carboxylic acids is 1. The summed E-state index contributed by atoms with van der Waals surface area (Å²) in [5.41, 5.74) is 1.27. The summed E-state index contributed by atoms with van der Waals surface area (Å²) in [6.07, 6.45) is 3.08.